The minimum atomic E-state index is -4.66. The topological polar surface area (TPSA) is 99.9 Å². The van der Waals surface area contributed by atoms with Gasteiger partial charge in [-0.25, -0.2) is 9.37 Å². The molecular weight excluding hydrogens is 534 g/mol. The number of nitrogens with zero attached hydrogens (tertiary/aromatic N) is 4. The number of alkyl halides is 3. The van der Waals surface area contributed by atoms with Gasteiger partial charge < -0.3 is 20.1 Å². The Hall–Kier alpha value is -3.71. The maximum atomic E-state index is 14.1. The summed E-state index contributed by atoms with van der Waals surface area (Å²) < 4.78 is 59.3. The van der Waals surface area contributed by atoms with Gasteiger partial charge in [-0.1, -0.05) is 0 Å². The van der Waals surface area contributed by atoms with Crippen LogP contribution in [0.1, 0.15) is 13.3 Å². The van der Waals surface area contributed by atoms with Crippen LogP contribution in [-0.2, 0) is 11.3 Å². The molecule has 0 unspecified atom stereocenters. The summed E-state index contributed by atoms with van der Waals surface area (Å²) in [4.78, 5) is 35.2. The Bertz CT molecular complexity index is 1430. The van der Waals surface area contributed by atoms with Crippen LogP contribution < -0.4 is 20.5 Å². The van der Waals surface area contributed by atoms with Gasteiger partial charge in [-0.15, -0.1) is 0 Å². The number of nitrogens with one attached hydrogen (secondary N) is 1. The molecule has 4 rings (SSSR count). The second-order valence-corrected chi connectivity index (χ2v) is 9.61. The number of halogens is 4. The molecule has 0 saturated carbocycles. The van der Waals surface area contributed by atoms with Crippen molar-refractivity contribution in [3.8, 4) is 17.1 Å². The predicted octanol–water partition coefficient (Wildman–Crippen LogP) is 2.78. The van der Waals surface area contributed by atoms with E-state index in [4.69, 9.17) is 4.74 Å². The van der Waals surface area contributed by atoms with Crippen LogP contribution in [0.25, 0.3) is 22.3 Å². The van der Waals surface area contributed by atoms with E-state index in [1.807, 2.05) is 11.4 Å². The molecule has 1 aromatic heterocycles. The van der Waals surface area contributed by atoms with Crippen molar-refractivity contribution in [3.63, 3.8) is 0 Å². The Labute approximate surface area is 228 Å². The van der Waals surface area contributed by atoms with Crippen molar-refractivity contribution < 1.29 is 32.2 Å². The first kappa shape index (κ1) is 29.3. The van der Waals surface area contributed by atoms with Gasteiger partial charge in [0.1, 0.15) is 18.4 Å². The summed E-state index contributed by atoms with van der Waals surface area (Å²) in [6.45, 7) is 3.66. The maximum absolute atomic E-state index is 14.1. The number of hydrogen-bond donors (Lipinski definition) is 2. The summed E-state index contributed by atoms with van der Waals surface area (Å²) in [5.41, 5.74) is 0.686. The highest BCUT2D eigenvalue weighted by molar-refractivity contribution is 5.85. The van der Waals surface area contributed by atoms with Crippen molar-refractivity contribution in [2.45, 2.75) is 32.1 Å². The molecule has 216 valence electrons. The molecule has 0 radical (unpaired) electrons. The highest BCUT2D eigenvalue weighted by Gasteiger charge is 2.37. The molecule has 2 heterocycles. The number of anilines is 1. The number of aromatic nitrogens is 2. The van der Waals surface area contributed by atoms with Gasteiger partial charge in [-0.2, -0.15) is 13.2 Å². The minimum Gasteiger partial charge on any atom is -0.494 e. The Morgan fingerprint density at radius 2 is 1.93 bits per heavy atom. The molecule has 1 saturated heterocycles. The quantitative estimate of drug-likeness (QED) is 0.406. The summed E-state index contributed by atoms with van der Waals surface area (Å²) in [5.74, 6) is -1.83. The van der Waals surface area contributed by atoms with Gasteiger partial charge in [-0.05, 0) is 56.3 Å². The standard InChI is InChI=1S/C27H31F4N5O4/c1-17(27(29,30)31)32-24(38)16-36-25(18-4-6-21(28)23(14-18)40-2)33-22-7-5-19(15-20(22)26(36)39)35-9-3-8-34(10-11-35)12-13-37/h4-7,14-15,17,37H,3,8-13,16H2,1-2H3,(H,32,38)/t17-/m0/s1. The normalized spacial score (nSPS) is 15.6. The smallest absolute Gasteiger partial charge is 0.408 e. The van der Waals surface area contributed by atoms with E-state index in [1.54, 1.807) is 12.1 Å². The second-order valence-electron chi connectivity index (χ2n) is 9.61. The summed E-state index contributed by atoms with van der Waals surface area (Å²) in [7, 11) is 1.27. The van der Waals surface area contributed by atoms with Gasteiger partial charge in [0.15, 0.2) is 11.6 Å². The van der Waals surface area contributed by atoms with Crippen LogP contribution in [-0.4, -0.2) is 84.1 Å². The molecule has 9 nitrogen and oxygen atoms in total. The largest absolute Gasteiger partial charge is 0.494 e. The van der Waals surface area contributed by atoms with Crippen molar-refractivity contribution in [3.05, 3.63) is 52.6 Å². The number of carbonyl (C=O) groups is 1. The number of methoxy groups -OCH3 is 1. The molecule has 1 amide bonds. The Balaban J connectivity index is 1.77. The average molecular weight is 566 g/mol. The summed E-state index contributed by atoms with van der Waals surface area (Å²) in [5, 5.41) is 11.3. The first-order valence-electron chi connectivity index (χ1n) is 12.8. The summed E-state index contributed by atoms with van der Waals surface area (Å²) in [6.07, 6.45) is -3.81. The third kappa shape index (κ3) is 6.53. The molecule has 0 aliphatic carbocycles. The predicted molar refractivity (Wildman–Crippen MR) is 142 cm³/mol. The average Bonchev–Trinajstić information content (AvgIpc) is 3.15. The number of aliphatic hydroxyl groups is 1. The fraction of sp³-hybridized carbons (Fsp3) is 0.444. The summed E-state index contributed by atoms with van der Waals surface area (Å²) in [6, 6.07) is 6.80. The van der Waals surface area contributed by atoms with Crippen molar-refractivity contribution in [1.29, 1.82) is 0 Å². The third-order valence-corrected chi connectivity index (χ3v) is 6.89. The van der Waals surface area contributed by atoms with Crippen LogP contribution in [0.15, 0.2) is 41.2 Å². The molecule has 13 heteroatoms. The molecule has 2 N–H and O–H groups in total. The summed E-state index contributed by atoms with van der Waals surface area (Å²) >= 11 is 0. The van der Waals surface area contributed by atoms with Crippen molar-refractivity contribution in [2.24, 2.45) is 0 Å². The van der Waals surface area contributed by atoms with Gasteiger partial charge in [0.25, 0.3) is 5.56 Å². The van der Waals surface area contributed by atoms with Gasteiger partial charge in [-0.3, -0.25) is 19.1 Å². The van der Waals surface area contributed by atoms with E-state index in [0.717, 1.165) is 49.3 Å². The Kier molecular flexibility index (Phi) is 8.94. The van der Waals surface area contributed by atoms with E-state index < -0.39 is 36.0 Å². The van der Waals surface area contributed by atoms with Crippen LogP contribution in [0.2, 0.25) is 0 Å². The monoisotopic (exact) mass is 565 g/mol. The van der Waals surface area contributed by atoms with Crippen molar-refractivity contribution in [1.82, 2.24) is 19.8 Å². The fourth-order valence-electron chi connectivity index (χ4n) is 4.68. The molecular formula is C27H31F4N5O4. The number of ether oxygens (including phenoxy) is 1. The van der Waals surface area contributed by atoms with E-state index in [0.29, 0.717) is 18.6 Å². The molecule has 0 bridgehead atoms. The zero-order chi connectivity index (χ0) is 29.0. The lowest BCUT2D eigenvalue weighted by Gasteiger charge is -2.24. The second kappa shape index (κ2) is 12.2. The number of hydrogen-bond acceptors (Lipinski definition) is 7. The zero-order valence-electron chi connectivity index (χ0n) is 22.2. The number of aliphatic hydroxyl groups excluding tert-OH is 1. The van der Waals surface area contributed by atoms with Crippen LogP contribution in [0.4, 0.5) is 23.2 Å². The molecule has 2 aromatic carbocycles. The molecule has 1 aliphatic heterocycles. The van der Waals surface area contributed by atoms with Gasteiger partial charge in [0.05, 0.1) is 24.6 Å². The van der Waals surface area contributed by atoms with Crippen LogP contribution in [0.5, 0.6) is 5.75 Å². The van der Waals surface area contributed by atoms with E-state index in [-0.39, 0.29) is 29.1 Å². The highest BCUT2D eigenvalue weighted by Crippen LogP contribution is 2.28. The van der Waals surface area contributed by atoms with Gasteiger partial charge in [0, 0.05) is 37.4 Å². The number of β-amino-alcohol motifs (C(OH)–C–C–N with tert-alkyl or cyclic N) is 1. The molecule has 1 fully saturated rings. The number of fused-ring (bicyclic) bond motifs is 1. The Morgan fingerprint density at radius 1 is 1.15 bits per heavy atom. The van der Waals surface area contributed by atoms with E-state index >= 15 is 0 Å². The number of rotatable bonds is 8. The lowest BCUT2D eigenvalue weighted by molar-refractivity contribution is -0.158. The Morgan fingerprint density at radius 3 is 2.62 bits per heavy atom. The molecule has 0 spiro atoms. The van der Waals surface area contributed by atoms with E-state index in [2.05, 4.69) is 14.8 Å². The molecule has 40 heavy (non-hydrogen) atoms. The lowest BCUT2D eigenvalue weighted by Crippen LogP contribution is -2.45. The van der Waals surface area contributed by atoms with E-state index in [9.17, 15) is 32.3 Å². The van der Waals surface area contributed by atoms with Crippen molar-refractivity contribution >= 4 is 22.5 Å². The zero-order valence-corrected chi connectivity index (χ0v) is 22.2. The molecule has 1 atom stereocenters. The van der Waals surface area contributed by atoms with Gasteiger partial charge in [0.2, 0.25) is 5.91 Å². The van der Waals surface area contributed by atoms with Crippen molar-refractivity contribution in [2.75, 3.05) is 51.3 Å². The van der Waals surface area contributed by atoms with Gasteiger partial charge >= 0.3 is 6.18 Å². The number of amides is 1. The third-order valence-electron chi connectivity index (χ3n) is 6.89. The molecule has 3 aromatic rings. The first-order valence-corrected chi connectivity index (χ1v) is 12.8. The highest BCUT2D eigenvalue weighted by atomic mass is 19.4. The van der Waals surface area contributed by atoms with E-state index in [1.165, 1.54) is 19.2 Å². The number of benzene rings is 2. The lowest BCUT2D eigenvalue weighted by atomic mass is 10.1. The molecule has 1 aliphatic rings. The SMILES string of the molecule is COc1cc(-c2nc3ccc(N4CCCN(CCO)CC4)cc3c(=O)n2CC(=O)N[C@@H](C)C(F)(F)F)ccc1F. The van der Waals surface area contributed by atoms with Crippen LogP contribution in [0, 0.1) is 5.82 Å². The number of carbonyl (C=O) groups excluding carboxylic acids is 1. The first-order chi connectivity index (χ1) is 19.0. The minimum absolute atomic E-state index is 0.0206. The fourth-order valence-corrected chi connectivity index (χ4v) is 4.68. The van der Waals surface area contributed by atoms with Crippen LogP contribution >= 0.6 is 0 Å². The maximum Gasteiger partial charge on any atom is 0.408 e. The van der Waals surface area contributed by atoms with Crippen LogP contribution in [0.3, 0.4) is 0 Å².